The van der Waals surface area contributed by atoms with Crippen molar-refractivity contribution in [1.29, 1.82) is 0 Å². The average Bonchev–Trinajstić information content (AvgIpc) is 2.86. The molecule has 0 radical (unpaired) electrons. The second-order valence-corrected chi connectivity index (χ2v) is 5.46. The van der Waals surface area contributed by atoms with Crippen molar-refractivity contribution in [1.82, 2.24) is 5.32 Å². The molecule has 0 heterocycles. The van der Waals surface area contributed by atoms with Crippen molar-refractivity contribution in [2.24, 2.45) is 5.41 Å². The molecule has 0 unspecified atom stereocenters. The fourth-order valence-electron chi connectivity index (χ4n) is 2.90. The number of rotatable bonds is 5. The Balaban J connectivity index is 2.04. The van der Waals surface area contributed by atoms with Crippen LogP contribution in [-0.2, 0) is 4.74 Å². The zero-order valence-electron chi connectivity index (χ0n) is 11.6. The van der Waals surface area contributed by atoms with E-state index in [4.69, 9.17) is 4.74 Å². The maximum absolute atomic E-state index is 13.6. The van der Waals surface area contributed by atoms with E-state index in [1.807, 2.05) is 0 Å². The molecule has 0 aromatic heterocycles. The number of phenols is 1. The van der Waals surface area contributed by atoms with E-state index in [0.29, 0.717) is 13.2 Å². The summed E-state index contributed by atoms with van der Waals surface area (Å²) in [6.07, 6.45) is 4.21. The predicted octanol–water partition coefficient (Wildman–Crippen LogP) is 2.47. The van der Waals surface area contributed by atoms with Crippen molar-refractivity contribution >= 4 is 5.91 Å². The van der Waals surface area contributed by atoms with E-state index in [-0.39, 0.29) is 16.7 Å². The summed E-state index contributed by atoms with van der Waals surface area (Å²) in [5.41, 5.74) is -0.358. The van der Waals surface area contributed by atoms with Gasteiger partial charge in [0.05, 0.1) is 6.61 Å². The topological polar surface area (TPSA) is 58.6 Å². The summed E-state index contributed by atoms with van der Waals surface area (Å²) < 4.78 is 18.8. The molecule has 1 aromatic carbocycles. The lowest BCUT2D eigenvalue weighted by Crippen LogP contribution is -2.39. The largest absolute Gasteiger partial charge is 0.507 e. The van der Waals surface area contributed by atoms with Crippen LogP contribution in [0.5, 0.6) is 5.75 Å². The number of methoxy groups -OCH3 is 1. The lowest BCUT2D eigenvalue weighted by atomic mass is 9.87. The Kier molecular flexibility index (Phi) is 4.60. The van der Waals surface area contributed by atoms with Crippen LogP contribution < -0.4 is 5.32 Å². The predicted molar refractivity (Wildman–Crippen MR) is 73.2 cm³/mol. The monoisotopic (exact) mass is 281 g/mol. The Morgan fingerprint density at radius 3 is 2.75 bits per heavy atom. The molecule has 2 N–H and O–H groups in total. The number of ether oxygens (including phenoxy) is 1. The summed E-state index contributed by atoms with van der Waals surface area (Å²) in [7, 11) is 1.64. The molecule has 0 saturated heterocycles. The average molecular weight is 281 g/mol. The molecule has 1 saturated carbocycles. The maximum atomic E-state index is 13.6. The zero-order chi connectivity index (χ0) is 14.6. The second kappa shape index (κ2) is 6.22. The molecule has 20 heavy (non-hydrogen) atoms. The number of nitrogens with one attached hydrogen (secondary N) is 1. The highest BCUT2D eigenvalue weighted by Crippen LogP contribution is 2.37. The van der Waals surface area contributed by atoms with E-state index in [1.165, 1.54) is 12.1 Å². The van der Waals surface area contributed by atoms with Gasteiger partial charge in [-0.15, -0.1) is 0 Å². The molecule has 4 nitrogen and oxygen atoms in total. The van der Waals surface area contributed by atoms with E-state index in [2.05, 4.69) is 5.32 Å². The van der Waals surface area contributed by atoms with Gasteiger partial charge in [0.2, 0.25) is 0 Å². The van der Waals surface area contributed by atoms with Crippen molar-refractivity contribution in [3.8, 4) is 5.75 Å². The van der Waals surface area contributed by atoms with Crippen LogP contribution >= 0.6 is 0 Å². The summed E-state index contributed by atoms with van der Waals surface area (Å²) in [5.74, 6) is -1.63. The van der Waals surface area contributed by atoms with Gasteiger partial charge < -0.3 is 15.2 Å². The number of hydrogen-bond acceptors (Lipinski definition) is 3. The Hall–Kier alpha value is -1.62. The number of aromatic hydroxyl groups is 1. The van der Waals surface area contributed by atoms with E-state index in [0.717, 1.165) is 31.7 Å². The van der Waals surface area contributed by atoms with Gasteiger partial charge in [-0.2, -0.15) is 0 Å². The molecule has 0 bridgehead atoms. The van der Waals surface area contributed by atoms with Gasteiger partial charge in [0.1, 0.15) is 17.1 Å². The Morgan fingerprint density at radius 1 is 1.45 bits per heavy atom. The summed E-state index contributed by atoms with van der Waals surface area (Å²) in [6, 6.07) is 3.83. The van der Waals surface area contributed by atoms with Crippen LogP contribution in [0, 0.1) is 11.2 Å². The molecule has 110 valence electrons. The van der Waals surface area contributed by atoms with Gasteiger partial charge in [-0.1, -0.05) is 18.9 Å². The van der Waals surface area contributed by atoms with Gasteiger partial charge in [0.25, 0.3) is 5.91 Å². The van der Waals surface area contributed by atoms with Crippen LogP contribution in [0.3, 0.4) is 0 Å². The first-order valence-electron chi connectivity index (χ1n) is 6.83. The fraction of sp³-hybridized carbons (Fsp3) is 0.533. The molecule has 0 spiro atoms. The van der Waals surface area contributed by atoms with Gasteiger partial charge in [0, 0.05) is 19.1 Å². The number of phenolic OH excluding ortho intramolecular Hbond substituents is 1. The molecule has 2 rings (SSSR count). The molecule has 0 atom stereocenters. The van der Waals surface area contributed by atoms with Crippen LogP contribution in [0.25, 0.3) is 0 Å². The van der Waals surface area contributed by atoms with Crippen LogP contribution in [0.15, 0.2) is 18.2 Å². The summed E-state index contributed by atoms with van der Waals surface area (Å²) in [5, 5.41) is 12.3. The number of hydrogen-bond donors (Lipinski definition) is 2. The van der Waals surface area contributed by atoms with E-state index >= 15 is 0 Å². The number of halogens is 1. The molecule has 5 heteroatoms. The Bertz CT molecular complexity index is 464. The molecular weight excluding hydrogens is 261 g/mol. The minimum absolute atomic E-state index is 0.0642. The minimum atomic E-state index is -0.713. The third kappa shape index (κ3) is 3.10. The lowest BCUT2D eigenvalue weighted by Gasteiger charge is -2.28. The fourth-order valence-corrected chi connectivity index (χ4v) is 2.90. The number of amides is 1. The maximum Gasteiger partial charge on any atom is 0.258 e. The third-order valence-electron chi connectivity index (χ3n) is 3.96. The van der Waals surface area contributed by atoms with Crippen molar-refractivity contribution in [2.45, 2.75) is 25.7 Å². The third-order valence-corrected chi connectivity index (χ3v) is 3.96. The first kappa shape index (κ1) is 14.8. The molecule has 1 amide bonds. The molecule has 1 aliphatic rings. The quantitative estimate of drug-likeness (QED) is 0.871. The highest BCUT2D eigenvalue weighted by atomic mass is 19.1. The summed E-state index contributed by atoms with van der Waals surface area (Å²) in [6.45, 7) is 1.02. The van der Waals surface area contributed by atoms with Crippen LogP contribution in [0.4, 0.5) is 4.39 Å². The van der Waals surface area contributed by atoms with E-state index in [1.54, 1.807) is 7.11 Å². The van der Waals surface area contributed by atoms with Crippen molar-refractivity contribution < 1.29 is 19.0 Å². The molecule has 0 aliphatic heterocycles. The Morgan fingerprint density at radius 2 is 2.15 bits per heavy atom. The highest BCUT2D eigenvalue weighted by molar-refractivity contribution is 5.97. The summed E-state index contributed by atoms with van der Waals surface area (Å²) in [4.78, 5) is 12.0. The first-order chi connectivity index (χ1) is 9.58. The lowest BCUT2D eigenvalue weighted by molar-refractivity contribution is 0.0737. The molecule has 1 aliphatic carbocycles. The van der Waals surface area contributed by atoms with E-state index < -0.39 is 11.7 Å². The zero-order valence-corrected chi connectivity index (χ0v) is 11.6. The minimum Gasteiger partial charge on any atom is -0.507 e. The number of benzene rings is 1. The SMILES string of the molecule is COCC1(CNC(=O)c2c(O)cccc2F)CCCC1. The van der Waals surface area contributed by atoms with Gasteiger partial charge in [-0.25, -0.2) is 4.39 Å². The van der Waals surface area contributed by atoms with Crippen LogP contribution in [0.2, 0.25) is 0 Å². The van der Waals surface area contributed by atoms with Gasteiger partial charge in [0.15, 0.2) is 0 Å². The summed E-state index contributed by atoms with van der Waals surface area (Å²) >= 11 is 0. The van der Waals surface area contributed by atoms with Crippen molar-refractivity contribution in [3.05, 3.63) is 29.6 Å². The second-order valence-electron chi connectivity index (χ2n) is 5.46. The first-order valence-corrected chi connectivity index (χ1v) is 6.83. The normalized spacial score (nSPS) is 17.1. The van der Waals surface area contributed by atoms with Gasteiger partial charge >= 0.3 is 0 Å². The number of carbonyl (C=O) groups is 1. The standard InChI is InChI=1S/C15H20FNO3/c1-20-10-15(7-2-3-8-15)9-17-14(19)13-11(16)5-4-6-12(13)18/h4-6,18H,2-3,7-10H2,1H3,(H,17,19). The smallest absolute Gasteiger partial charge is 0.258 e. The van der Waals surface area contributed by atoms with Gasteiger partial charge in [-0.05, 0) is 25.0 Å². The van der Waals surface area contributed by atoms with Crippen molar-refractivity contribution in [3.63, 3.8) is 0 Å². The molecular formula is C15H20FNO3. The van der Waals surface area contributed by atoms with Crippen LogP contribution in [0.1, 0.15) is 36.0 Å². The van der Waals surface area contributed by atoms with Crippen molar-refractivity contribution in [2.75, 3.05) is 20.3 Å². The molecule has 1 fully saturated rings. The molecule has 1 aromatic rings. The van der Waals surface area contributed by atoms with Crippen LogP contribution in [-0.4, -0.2) is 31.3 Å². The van der Waals surface area contributed by atoms with Gasteiger partial charge in [-0.3, -0.25) is 4.79 Å². The highest BCUT2D eigenvalue weighted by Gasteiger charge is 2.34. The Labute approximate surface area is 117 Å². The van der Waals surface area contributed by atoms with E-state index in [9.17, 15) is 14.3 Å². The number of carbonyl (C=O) groups excluding carboxylic acids is 1.